The predicted octanol–water partition coefficient (Wildman–Crippen LogP) is 3.62. The molecule has 216 valence electrons. The molecule has 0 radical (unpaired) electrons. The van der Waals surface area contributed by atoms with Gasteiger partial charge in [0.25, 0.3) is 5.91 Å². The van der Waals surface area contributed by atoms with Crippen molar-refractivity contribution in [3.63, 3.8) is 0 Å². The Morgan fingerprint density at radius 1 is 1.00 bits per heavy atom. The van der Waals surface area contributed by atoms with E-state index in [-0.39, 0.29) is 17.7 Å². The van der Waals surface area contributed by atoms with Crippen LogP contribution in [0.25, 0.3) is 0 Å². The van der Waals surface area contributed by atoms with E-state index in [4.69, 9.17) is 14.2 Å². The second-order valence-electron chi connectivity index (χ2n) is 9.71. The van der Waals surface area contributed by atoms with Gasteiger partial charge in [-0.05, 0) is 38.8 Å². The first-order chi connectivity index (χ1) is 18.6. The molecule has 1 saturated heterocycles. The van der Waals surface area contributed by atoms with Crippen molar-refractivity contribution >= 4 is 35.9 Å². The summed E-state index contributed by atoms with van der Waals surface area (Å²) in [5.74, 6) is -4.25. The molecular formula is C28H40N2O9. The number of para-hydroxylation sites is 1. The fourth-order valence-corrected chi connectivity index (χ4v) is 4.41. The van der Waals surface area contributed by atoms with Crippen LogP contribution in [0.4, 0.5) is 5.69 Å². The highest BCUT2D eigenvalue weighted by atomic mass is 16.6. The van der Waals surface area contributed by atoms with Gasteiger partial charge in [0, 0.05) is 6.42 Å². The van der Waals surface area contributed by atoms with Crippen LogP contribution in [-0.4, -0.2) is 59.7 Å². The lowest BCUT2D eigenvalue weighted by Gasteiger charge is -2.29. The van der Waals surface area contributed by atoms with Gasteiger partial charge in [0.2, 0.25) is 6.41 Å². The molecule has 2 rings (SSSR count). The van der Waals surface area contributed by atoms with Crippen LogP contribution in [0.1, 0.15) is 89.4 Å². The van der Waals surface area contributed by atoms with Crippen LogP contribution in [-0.2, 0) is 33.4 Å². The van der Waals surface area contributed by atoms with E-state index in [1.165, 1.54) is 32.0 Å². The molecule has 1 heterocycles. The standard InChI is InChI=1S/C28H40N2O9/c1-5-7-9-10-15-22(32)39-25-18(4)38-28(36)23(17(3)37-27(35)20(25)12-8-6-2)30-26(34)19-13-11-14-21(24(19)33)29-16-31/h11,13-14,16-18,20,23,25,33H,5-10,12,15H2,1-4H3,(H,29,31)(H,30,34). The smallest absolute Gasteiger partial charge is 0.332 e. The van der Waals surface area contributed by atoms with Gasteiger partial charge in [0.15, 0.2) is 17.9 Å². The van der Waals surface area contributed by atoms with E-state index >= 15 is 0 Å². The number of esters is 3. The highest BCUT2D eigenvalue weighted by molar-refractivity contribution is 6.01. The second-order valence-corrected chi connectivity index (χ2v) is 9.71. The number of rotatable bonds is 13. The molecule has 39 heavy (non-hydrogen) atoms. The second kappa shape index (κ2) is 15.7. The van der Waals surface area contributed by atoms with E-state index in [2.05, 4.69) is 17.6 Å². The molecule has 0 bridgehead atoms. The number of aromatic hydroxyl groups is 1. The largest absolute Gasteiger partial charge is 0.505 e. The monoisotopic (exact) mass is 548 g/mol. The van der Waals surface area contributed by atoms with Gasteiger partial charge in [-0.2, -0.15) is 0 Å². The Bertz CT molecular complexity index is 1010. The molecule has 11 nitrogen and oxygen atoms in total. The Kier molecular flexibility index (Phi) is 12.7. The Hall–Kier alpha value is -3.63. The third-order valence-corrected chi connectivity index (χ3v) is 6.64. The number of ether oxygens (including phenoxy) is 3. The number of carbonyl (C=O) groups excluding carboxylic acids is 5. The molecule has 1 aromatic rings. The zero-order valence-corrected chi connectivity index (χ0v) is 23.1. The normalized spacial score (nSPS) is 23.3. The van der Waals surface area contributed by atoms with E-state index in [0.717, 1.165) is 25.7 Å². The summed E-state index contributed by atoms with van der Waals surface area (Å²) in [6.45, 7) is 7.00. The average Bonchev–Trinajstić information content (AvgIpc) is 2.92. The molecule has 1 aromatic carbocycles. The number of carbonyl (C=O) groups is 5. The first-order valence-corrected chi connectivity index (χ1v) is 13.6. The van der Waals surface area contributed by atoms with Crippen molar-refractivity contribution in [2.24, 2.45) is 5.92 Å². The number of hydrogen-bond acceptors (Lipinski definition) is 9. The molecule has 11 heteroatoms. The SMILES string of the molecule is CCCCCCC(=O)OC1C(C)OC(=O)C(NC(=O)c2cccc(NC=O)c2O)C(C)OC(=O)C1CCCC. The van der Waals surface area contributed by atoms with E-state index in [9.17, 15) is 29.1 Å². The molecule has 5 unspecified atom stereocenters. The Morgan fingerprint density at radius 2 is 1.69 bits per heavy atom. The predicted molar refractivity (Wildman–Crippen MR) is 142 cm³/mol. The summed E-state index contributed by atoms with van der Waals surface area (Å²) < 4.78 is 16.9. The molecule has 1 aliphatic rings. The lowest BCUT2D eigenvalue weighted by molar-refractivity contribution is -0.175. The topological polar surface area (TPSA) is 157 Å². The minimum Gasteiger partial charge on any atom is -0.505 e. The van der Waals surface area contributed by atoms with Gasteiger partial charge >= 0.3 is 17.9 Å². The number of phenolic OH excluding ortho intramolecular Hbond substituents is 1. The van der Waals surface area contributed by atoms with Gasteiger partial charge in [-0.3, -0.25) is 19.2 Å². The van der Waals surface area contributed by atoms with Crippen molar-refractivity contribution in [1.82, 2.24) is 5.32 Å². The van der Waals surface area contributed by atoms with Crippen molar-refractivity contribution in [2.75, 3.05) is 5.32 Å². The zero-order chi connectivity index (χ0) is 28.9. The van der Waals surface area contributed by atoms with Crippen LogP contribution < -0.4 is 10.6 Å². The van der Waals surface area contributed by atoms with Gasteiger partial charge in [-0.25, -0.2) is 4.79 Å². The summed E-state index contributed by atoms with van der Waals surface area (Å²) in [5.41, 5.74) is -0.210. The molecule has 3 N–H and O–H groups in total. The quantitative estimate of drug-likeness (QED) is 0.110. The van der Waals surface area contributed by atoms with Gasteiger partial charge in [-0.15, -0.1) is 0 Å². The Morgan fingerprint density at radius 3 is 2.36 bits per heavy atom. The number of unbranched alkanes of at least 4 members (excludes halogenated alkanes) is 4. The Labute approximate surface area is 228 Å². The van der Waals surface area contributed by atoms with Crippen molar-refractivity contribution in [1.29, 1.82) is 0 Å². The van der Waals surface area contributed by atoms with Crippen LogP contribution in [0.5, 0.6) is 5.75 Å². The highest BCUT2D eigenvalue weighted by Crippen LogP contribution is 2.29. The third-order valence-electron chi connectivity index (χ3n) is 6.64. The van der Waals surface area contributed by atoms with E-state index < -0.39 is 59.8 Å². The number of nitrogens with one attached hydrogen (secondary N) is 2. The molecule has 0 aromatic heterocycles. The maximum absolute atomic E-state index is 13.3. The van der Waals surface area contributed by atoms with E-state index in [1.54, 1.807) is 0 Å². The molecule has 5 atom stereocenters. The number of benzene rings is 1. The van der Waals surface area contributed by atoms with Gasteiger partial charge in [-0.1, -0.05) is 52.0 Å². The van der Waals surface area contributed by atoms with Gasteiger partial charge in [0.05, 0.1) is 17.2 Å². The van der Waals surface area contributed by atoms with Crippen molar-refractivity contribution < 1.29 is 43.3 Å². The highest BCUT2D eigenvalue weighted by Gasteiger charge is 2.43. The first kappa shape index (κ1) is 31.6. The summed E-state index contributed by atoms with van der Waals surface area (Å²) in [7, 11) is 0. The summed E-state index contributed by atoms with van der Waals surface area (Å²) in [6, 6.07) is 2.72. The maximum Gasteiger partial charge on any atom is 0.332 e. The van der Waals surface area contributed by atoms with Crippen LogP contribution in [0.15, 0.2) is 18.2 Å². The van der Waals surface area contributed by atoms with Crippen molar-refractivity contribution in [2.45, 2.75) is 103 Å². The lowest BCUT2D eigenvalue weighted by Crippen LogP contribution is -2.50. The zero-order valence-electron chi connectivity index (χ0n) is 23.1. The fourth-order valence-electron chi connectivity index (χ4n) is 4.41. The number of hydrogen-bond donors (Lipinski definition) is 3. The molecule has 2 amide bonds. The summed E-state index contributed by atoms with van der Waals surface area (Å²) in [5, 5.41) is 15.1. The third kappa shape index (κ3) is 8.97. The van der Waals surface area contributed by atoms with E-state index in [1.807, 2.05) is 6.92 Å². The first-order valence-electron chi connectivity index (χ1n) is 13.6. The average molecular weight is 549 g/mol. The number of anilines is 1. The van der Waals surface area contributed by atoms with Crippen LogP contribution in [0, 0.1) is 5.92 Å². The minimum absolute atomic E-state index is 0.000842. The van der Waals surface area contributed by atoms with Gasteiger partial charge in [0.1, 0.15) is 12.2 Å². The van der Waals surface area contributed by atoms with Crippen molar-refractivity contribution in [3.8, 4) is 5.75 Å². The van der Waals surface area contributed by atoms with Crippen LogP contribution >= 0.6 is 0 Å². The molecule has 0 aliphatic carbocycles. The number of amides is 2. The minimum atomic E-state index is -1.42. The van der Waals surface area contributed by atoms with Gasteiger partial charge < -0.3 is 30.0 Å². The number of cyclic esters (lactones) is 2. The molecule has 1 aliphatic heterocycles. The molecular weight excluding hydrogens is 508 g/mol. The summed E-state index contributed by atoms with van der Waals surface area (Å²) >= 11 is 0. The molecule has 0 saturated carbocycles. The van der Waals surface area contributed by atoms with Crippen LogP contribution in [0.2, 0.25) is 0 Å². The summed E-state index contributed by atoms with van der Waals surface area (Å²) in [6.07, 6.45) is 2.70. The van der Waals surface area contributed by atoms with E-state index in [0.29, 0.717) is 25.7 Å². The van der Waals surface area contributed by atoms with Crippen LogP contribution in [0.3, 0.4) is 0 Å². The number of phenols is 1. The lowest BCUT2D eigenvalue weighted by atomic mass is 9.92. The van der Waals surface area contributed by atoms with Crippen molar-refractivity contribution in [3.05, 3.63) is 23.8 Å². The summed E-state index contributed by atoms with van der Waals surface area (Å²) in [4.78, 5) is 62.8. The molecule has 1 fully saturated rings. The molecule has 0 spiro atoms. The maximum atomic E-state index is 13.3. The fraction of sp³-hybridized carbons (Fsp3) is 0.607. The Balaban J connectivity index is 2.28.